The van der Waals surface area contributed by atoms with Crippen molar-refractivity contribution in [2.24, 2.45) is 0 Å². The smallest absolute Gasteiger partial charge is 0.376 e. The van der Waals surface area contributed by atoms with Gasteiger partial charge < -0.3 is 4.89 Å². The van der Waals surface area contributed by atoms with Crippen LogP contribution >= 0.6 is 8.03 Å². The number of hydrogen-bond donors (Lipinski definition) is 0. The molecular formula is C26H53NO2P+. The van der Waals surface area contributed by atoms with Gasteiger partial charge in [-0.1, -0.05) is 108 Å². The van der Waals surface area contributed by atoms with Gasteiger partial charge in [0.2, 0.25) is 0 Å². The molecule has 178 valence electrons. The predicted molar refractivity (Wildman–Crippen MR) is 132 cm³/mol. The van der Waals surface area contributed by atoms with Crippen molar-refractivity contribution >= 4 is 8.03 Å². The third-order valence-electron chi connectivity index (χ3n) is 6.76. The monoisotopic (exact) mass is 442 g/mol. The standard InChI is InChI=1S/C26H53NO2P/c1-6-8-9-10-11-12-13-14-15-16-17-18-19-20-21-22-23-24-25-26(7-2,30(28)29)27(3,4)5/h8-9H,6-7,10-25H2,1-5H3/q+1. The van der Waals surface area contributed by atoms with Crippen LogP contribution in [-0.2, 0) is 4.57 Å². The van der Waals surface area contributed by atoms with E-state index in [1.165, 1.54) is 96.3 Å². The van der Waals surface area contributed by atoms with Crippen molar-refractivity contribution in [1.82, 2.24) is 0 Å². The molecule has 30 heavy (non-hydrogen) atoms. The molecule has 0 aliphatic carbocycles. The third-order valence-corrected chi connectivity index (χ3v) is 8.57. The van der Waals surface area contributed by atoms with Crippen molar-refractivity contribution in [3.8, 4) is 0 Å². The highest BCUT2D eigenvalue weighted by Gasteiger charge is 2.52. The summed E-state index contributed by atoms with van der Waals surface area (Å²) in [6.07, 6.45) is 27.2. The SMILES string of the molecule is CCC=CCCCCCCCCCCCCCCCCC(CC)([P+](=O)[O-])[N+](C)(C)C. The van der Waals surface area contributed by atoms with Crippen LogP contribution in [0.15, 0.2) is 12.2 Å². The number of nitrogens with zero attached hydrogens (tertiary/aromatic N) is 1. The summed E-state index contributed by atoms with van der Waals surface area (Å²) in [6.45, 7) is 4.21. The van der Waals surface area contributed by atoms with Crippen LogP contribution in [0.1, 0.15) is 129 Å². The molecule has 0 aromatic carbocycles. The molecule has 0 N–H and O–H groups in total. The van der Waals surface area contributed by atoms with Gasteiger partial charge >= 0.3 is 8.03 Å². The number of quaternary nitrogens is 1. The quantitative estimate of drug-likeness (QED) is 0.0779. The van der Waals surface area contributed by atoms with Crippen LogP contribution in [0.25, 0.3) is 0 Å². The third kappa shape index (κ3) is 13.2. The molecule has 0 amide bonds. The Morgan fingerprint density at radius 3 is 1.43 bits per heavy atom. The Labute approximate surface area is 190 Å². The highest BCUT2D eigenvalue weighted by Crippen LogP contribution is 2.44. The molecule has 0 radical (unpaired) electrons. The fourth-order valence-electron chi connectivity index (χ4n) is 4.53. The normalized spacial score (nSPS) is 14.9. The average Bonchev–Trinajstić information content (AvgIpc) is 2.68. The zero-order valence-corrected chi connectivity index (χ0v) is 22.0. The number of rotatable bonds is 21. The lowest BCUT2D eigenvalue weighted by Crippen LogP contribution is -2.55. The van der Waals surface area contributed by atoms with E-state index in [1.807, 2.05) is 28.1 Å². The number of unbranched alkanes of at least 4 members (excludes halogenated alkanes) is 14. The van der Waals surface area contributed by atoms with Crippen molar-refractivity contribution < 1.29 is 13.9 Å². The Bertz CT molecular complexity index is 445. The molecule has 3 nitrogen and oxygen atoms in total. The lowest BCUT2D eigenvalue weighted by Gasteiger charge is -2.39. The molecule has 0 aromatic heterocycles. The predicted octanol–water partition coefficient (Wildman–Crippen LogP) is 8.11. The van der Waals surface area contributed by atoms with Crippen LogP contribution in [0.4, 0.5) is 0 Å². The first-order chi connectivity index (χ1) is 14.3. The van der Waals surface area contributed by atoms with E-state index in [0.717, 1.165) is 12.8 Å². The molecule has 0 heterocycles. The van der Waals surface area contributed by atoms with E-state index in [-0.39, 0.29) is 0 Å². The van der Waals surface area contributed by atoms with E-state index >= 15 is 0 Å². The summed E-state index contributed by atoms with van der Waals surface area (Å²) in [4.78, 5) is 11.9. The number of hydrogen-bond acceptors (Lipinski definition) is 2. The first-order valence-electron chi connectivity index (χ1n) is 12.9. The second kappa shape index (κ2) is 18.3. The second-order valence-corrected chi connectivity index (χ2v) is 11.3. The topological polar surface area (TPSA) is 40.1 Å². The van der Waals surface area contributed by atoms with Gasteiger partial charge in [0.05, 0.1) is 21.1 Å². The molecular weight excluding hydrogens is 389 g/mol. The lowest BCUT2D eigenvalue weighted by atomic mass is 10.0. The molecule has 2 unspecified atom stereocenters. The average molecular weight is 443 g/mol. The van der Waals surface area contributed by atoms with Gasteiger partial charge in [-0.05, 0) is 25.7 Å². The van der Waals surface area contributed by atoms with E-state index < -0.39 is 13.3 Å². The first kappa shape index (κ1) is 29.8. The molecule has 0 saturated heterocycles. The molecule has 0 spiro atoms. The molecule has 0 fully saturated rings. The van der Waals surface area contributed by atoms with E-state index in [9.17, 15) is 9.46 Å². The fourth-order valence-corrected chi connectivity index (χ4v) is 5.62. The Balaban J connectivity index is 3.52. The summed E-state index contributed by atoms with van der Waals surface area (Å²) >= 11 is 0. The maximum Gasteiger partial charge on any atom is 0.376 e. The van der Waals surface area contributed by atoms with Gasteiger partial charge in [-0.15, -0.1) is 0 Å². The van der Waals surface area contributed by atoms with E-state index in [4.69, 9.17) is 0 Å². The van der Waals surface area contributed by atoms with Crippen molar-refractivity contribution in [2.45, 2.75) is 135 Å². The summed E-state index contributed by atoms with van der Waals surface area (Å²) < 4.78 is 12.4. The molecule has 0 rings (SSSR count). The van der Waals surface area contributed by atoms with Gasteiger partial charge in [-0.2, -0.15) is 0 Å². The van der Waals surface area contributed by atoms with Crippen molar-refractivity contribution in [3.63, 3.8) is 0 Å². The maximum atomic E-state index is 11.9. The minimum absolute atomic E-state index is 0.512. The number of allylic oxidation sites excluding steroid dienone is 2. The van der Waals surface area contributed by atoms with Crippen molar-refractivity contribution in [1.29, 1.82) is 0 Å². The summed E-state index contributed by atoms with van der Waals surface area (Å²) in [5.74, 6) is 0. The zero-order valence-electron chi connectivity index (χ0n) is 21.1. The van der Waals surface area contributed by atoms with Gasteiger partial charge in [0.25, 0.3) is 5.28 Å². The fraction of sp³-hybridized carbons (Fsp3) is 0.923. The van der Waals surface area contributed by atoms with E-state index in [1.54, 1.807) is 0 Å². The molecule has 0 bridgehead atoms. The first-order valence-corrected chi connectivity index (χ1v) is 14.1. The van der Waals surface area contributed by atoms with Gasteiger partial charge in [0.15, 0.2) is 0 Å². The van der Waals surface area contributed by atoms with Crippen LogP contribution in [0.5, 0.6) is 0 Å². The van der Waals surface area contributed by atoms with Gasteiger partial charge in [0.1, 0.15) is 0 Å². The van der Waals surface area contributed by atoms with Crippen molar-refractivity contribution in [2.75, 3.05) is 21.1 Å². The lowest BCUT2D eigenvalue weighted by molar-refractivity contribution is -0.910. The van der Waals surface area contributed by atoms with Gasteiger partial charge in [-0.3, -0.25) is 4.48 Å². The molecule has 0 aromatic rings. The Morgan fingerprint density at radius 1 is 0.700 bits per heavy atom. The molecule has 0 aliphatic rings. The minimum Gasteiger partial charge on any atom is -0.590 e. The van der Waals surface area contributed by atoms with Crippen LogP contribution in [0, 0.1) is 0 Å². The van der Waals surface area contributed by atoms with Crippen molar-refractivity contribution in [3.05, 3.63) is 12.2 Å². The van der Waals surface area contributed by atoms with Crippen LogP contribution in [-0.4, -0.2) is 30.9 Å². The molecule has 4 heteroatoms. The van der Waals surface area contributed by atoms with E-state index in [2.05, 4.69) is 19.1 Å². The Kier molecular flexibility index (Phi) is 18.2. The summed E-state index contributed by atoms with van der Waals surface area (Å²) in [5.41, 5.74) is 0. The van der Waals surface area contributed by atoms with Crippen LogP contribution in [0.2, 0.25) is 0 Å². The Morgan fingerprint density at radius 2 is 1.10 bits per heavy atom. The Hall–Kier alpha value is -0.240. The summed E-state index contributed by atoms with van der Waals surface area (Å²) in [7, 11) is 3.63. The summed E-state index contributed by atoms with van der Waals surface area (Å²) in [5, 5.41) is -0.596. The van der Waals surface area contributed by atoms with E-state index in [0.29, 0.717) is 10.9 Å². The maximum absolute atomic E-state index is 11.9. The zero-order chi connectivity index (χ0) is 22.7. The highest BCUT2D eigenvalue weighted by molar-refractivity contribution is 7.38. The van der Waals surface area contributed by atoms with Gasteiger partial charge in [-0.25, -0.2) is 0 Å². The largest absolute Gasteiger partial charge is 0.590 e. The molecule has 0 aliphatic heterocycles. The molecule has 0 saturated carbocycles. The minimum atomic E-state index is -2.41. The highest BCUT2D eigenvalue weighted by atomic mass is 31.1. The summed E-state index contributed by atoms with van der Waals surface area (Å²) in [6, 6.07) is 0. The van der Waals surface area contributed by atoms with Crippen LogP contribution < -0.4 is 4.89 Å². The molecule has 2 atom stereocenters. The second-order valence-electron chi connectivity index (χ2n) is 9.97. The van der Waals surface area contributed by atoms with Gasteiger partial charge in [0, 0.05) is 12.8 Å². The van der Waals surface area contributed by atoms with Crippen LogP contribution in [0.3, 0.4) is 0 Å².